The lowest BCUT2D eigenvalue weighted by Crippen LogP contribution is -2.01. The van der Waals surface area contributed by atoms with Gasteiger partial charge in [-0.2, -0.15) is 5.26 Å². The van der Waals surface area contributed by atoms with Gasteiger partial charge in [-0.15, -0.1) is 0 Å². The van der Waals surface area contributed by atoms with E-state index in [-0.39, 0.29) is 6.61 Å². The largest absolute Gasteiger partial charge is 0.451 e. The standard InChI is InChI=1S/C19H15NO2/c1-15-8-10-16(11-9-15)4-3-7-19(21)22-14-18-6-2-5-17(12-18)13-20/h2,5-6,8-12H,4,14H2,1H3. The molecule has 0 unspecified atom stereocenters. The Kier molecular flexibility index (Phi) is 5.35. The molecular formula is C19H15NO2. The van der Waals surface area contributed by atoms with Crippen LogP contribution < -0.4 is 0 Å². The molecule has 108 valence electrons. The van der Waals surface area contributed by atoms with E-state index in [9.17, 15) is 4.79 Å². The molecule has 0 heterocycles. The highest BCUT2D eigenvalue weighted by Crippen LogP contribution is 2.06. The van der Waals surface area contributed by atoms with Crippen LogP contribution in [0.2, 0.25) is 0 Å². The second-order valence-corrected chi connectivity index (χ2v) is 4.85. The molecule has 0 radical (unpaired) electrons. The fraction of sp³-hybridized carbons (Fsp3) is 0.158. The summed E-state index contributed by atoms with van der Waals surface area (Å²) in [7, 11) is 0. The van der Waals surface area contributed by atoms with E-state index >= 15 is 0 Å². The molecule has 0 amide bonds. The second-order valence-electron chi connectivity index (χ2n) is 4.85. The number of aryl methyl sites for hydroxylation is 1. The highest BCUT2D eigenvalue weighted by molar-refractivity contribution is 5.88. The minimum atomic E-state index is -0.561. The molecule has 2 aromatic rings. The number of hydrogen-bond acceptors (Lipinski definition) is 3. The number of benzene rings is 2. The molecule has 2 rings (SSSR count). The van der Waals surface area contributed by atoms with Gasteiger partial charge in [0.1, 0.15) is 6.61 Å². The highest BCUT2D eigenvalue weighted by Gasteiger charge is 2.00. The van der Waals surface area contributed by atoms with Crippen LogP contribution in [-0.2, 0) is 22.6 Å². The summed E-state index contributed by atoms with van der Waals surface area (Å²) in [6, 6.07) is 17.0. The molecule has 0 fully saturated rings. The van der Waals surface area contributed by atoms with E-state index in [1.165, 1.54) is 5.56 Å². The lowest BCUT2D eigenvalue weighted by molar-refractivity contribution is -0.137. The van der Waals surface area contributed by atoms with Gasteiger partial charge >= 0.3 is 5.97 Å². The Morgan fingerprint density at radius 2 is 1.91 bits per heavy atom. The van der Waals surface area contributed by atoms with Crippen molar-refractivity contribution in [3.8, 4) is 17.9 Å². The van der Waals surface area contributed by atoms with E-state index in [1.807, 2.05) is 37.3 Å². The predicted octanol–water partition coefficient (Wildman–Crippen LogP) is 3.16. The molecule has 3 heteroatoms. The van der Waals surface area contributed by atoms with Crippen LogP contribution in [0.5, 0.6) is 0 Å². The molecule has 0 bridgehead atoms. The first kappa shape index (κ1) is 15.4. The minimum absolute atomic E-state index is 0.119. The Hall–Kier alpha value is -3.04. The fourth-order valence-electron chi connectivity index (χ4n) is 1.84. The zero-order valence-electron chi connectivity index (χ0n) is 12.3. The van der Waals surface area contributed by atoms with E-state index < -0.39 is 5.97 Å². The van der Waals surface area contributed by atoms with Gasteiger partial charge in [-0.1, -0.05) is 47.9 Å². The molecule has 0 aromatic heterocycles. The van der Waals surface area contributed by atoms with E-state index in [0.29, 0.717) is 12.0 Å². The summed E-state index contributed by atoms with van der Waals surface area (Å²) in [4.78, 5) is 11.6. The van der Waals surface area contributed by atoms with Crippen molar-refractivity contribution >= 4 is 5.97 Å². The molecular weight excluding hydrogens is 274 g/mol. The Morgan fingerprint density at radius 1 is 1.14 bits per heavy atom. The van der Waals surface area contributed by atoms with Crippen molar-refractivity contribution in [2.24, 2.45) is 0 Å². The Labute approximate surface area is 130 Å². The number of ether oxygens (including phenoxy) is 1. The molecule has 0 N–H and O–H groups in total. The molecule has 3 nitrogen and oxygen atoms in total. The van der Waals surface area contributed by atoms with Gasteiger partial charge in [0.15, 0.2) is 0 Å². The lowest BCUT2D eigenvalue weighted by Gasteiger charge is -2.01. The Balaban J connectivity index is 1.84. The number of carbonyl (C=O) groups is 1. The summed E-state index contributed by atoms with van der Waals surface area (Å²) in [5.41, 5.74) is 3.56. The highest BCUT2D eigenvalue weighted by atomic mass is 16.5. The van der Waals surface area contributed by atoms with Gasteiger partial charge < -0.3 is 4.74 Å². The van der Waals surface area contributed by atoms with Crippen molar-refractivity contribution in [1.29, 1.82) is 5.26 Å². The fourth-order valence-corrected chi connectivity index (χ4v) is 1.84. The van der Waals surface area contributed by atoms with Crippen LogP contribution in [0.25, 0.3) is 0 Å². The van der Waals surface area contributed by atoms with E-state index in [4.69, 9.17) is 10.00 Å². The Morgan fingerprint density at radius 3 is 2.64 bits per heavy atom. The van der Waals surface area contributed by atoms with Gasteiger partial charge in [-0.3, -0.25) is 0 Å². The van der Waals surface area contributed by atoms with Gasteiger partial charge in [-0.05, 0) is 30.2 Å². The summed E-state index contributed by atoms with van der Waals surface area (Å²) in [6.45, 7) is 2.14. The van der Waals surface area contributed by atoms with E-state index in [2.05, 4.69) is 11.8 Å². The lowest BCUT2D eigenvalue weighted by atomic mass is 10.1. The molecule has 0 saturated heterocycles. The third-order valence-electron chi connectivity index (χ3n) is 3.03. The molecule has 0 aliphatic heterocycles. The molecule has 0 aliphatic rings. The summed E-state index contributed by atoms with van der Waals surface area (Å²) in [5.74, 6) is 4.71. The van der Waals surface area contributed by atoms with Crippen molar-refractivity contribution in [1.82, 2.24) is 0 Å². The smallest absolute Gasteiger partial charge is 0.384 e. The van der Waals surface area contributed by atoms with Crippen molar-refractivity contribution in [3.05, 3.63) is 70.8 Å². The summed E-state index contributed by atoms with van der Waals surface area (Å²) in [6.07, 6.45) is 0.513. The van der Waals surface area contributed by atoms with Crippen LogP contribution in [-0.4, -0.2) is 5.97 Å². The zero-order valence-corrected chi connectivity index (χ0v) is 12.3. The predicted molar refractivity (Wildman–Crippen MR) is 83.6 cm³/mol. The molecule has 2 aromatic carbocycles. The molecule has 0 aliphatic carbocycles. The third kappa shape index (κ3) is 4.81. The van der Waals surface area contributed by atoms with Crippen molar-refractivity contribution in [2.75, 3.05) is 0 Å². The van der Waals surface area contributed by atoms with Crippen molar-refractivity contribution < 1.29 is 9.53 Å². The van der Waals surface area contributed by atoms with Crippen LogP contribution in [0, 0.1) is 30.1 Å². The number of carbonyl (C=O) groups excluding carboxylic acids is 1. The van der Waals surface area contributed by atoms with Gasteiger partial charge in [0.25, 0.3) is 0 Å². The first-order valence-electron chi connectivity index (χ1n) is 6.87. The number of hydrogen-bond donors (Lipinski definition) is 0. The first-order chi connectivity index (χ1) is 10.7. The van der Waals surface area contributed by atoms with Crippen molar-refractivity contribution in [3.63, 3.8) is 0 Å². The number of nitrogens with zero attached hydrogens (tertiary/aromatic N) is 1. The molecule has 22 heavy (non-hydrogen) atoms. The third-order valence-corrected chi connectivity index (χ3v) is 3.03. The monoisotopic (exact) mass is 289 g/mol. The first-order valence-corrected chi connectivity index (χ1v) is 6.87. The van der Waals surface area contributed by atoms with E-state index in [0.717, 1.165) is 11.1 Å². The maximum absolute atomic E-state index is 11.6. The topological polar surface area (TPSA) is 50.1 Å². The summed E-state index contributed by atoms with van der Waals surface area (Å²) < 4.78 is 5.06. The molecule has 0 saturated carbocycles. The minimum Gasteiger partial charge on any atom is -0.451 e. The zero-order chi connectivity index (χ0) is 15.8. The maximum Gasteiger partial charge on any atom is 0.384 e. The van der Waals surface area contributed by atoms with Crippen molar-refractivity contribution in [2.45, 2.75) is 20.0 Å². The van der Waals surface area contributed by atoms with Crippen LogP contribution >= 0.6 is 0 Å². The van der Waals surface area contributed by atoms with Crippen LogP contribution in [0.4, 0.5) is 0 Å². The quantitative estimate of drug-likeness (QED) is 0.495. The maximum atomic E-state index is 11.6. The van der Waals surface area contributed by atoms with Crippen LogP contribution in [0.15, 0.2) is 48.5 Å². The Bertz CT molecular complexity index is 759. The molecule has 0 atom stereocenters. The average Bonchev–Trinajstić information content (AvgIpc) is 2.55. The second kappa shape index (κ2) is 7.67. The van der Waals surface area contributed by atoms with Gasteiger partial charge in [0, 0.05) is 12.3 Å². The van der Waals surface area contributed by atoms with Gasteiger partial charge in [-0.25, -0.2) is 4.79 Å². The number of nitriles is 1. The van der Waals surface area contributed by atoms with Crippen LogP contribution in [0.3, 0.4) is 0 Å². The number of rotatable bonds is 3. The van der Waals surface area contributed by atoms with Crippen LogP contribution in [0.1, 0.15) is 22.3 Å². The summed E-state index contributed by atoms with van der Waals surface area (Å²) >= 11 is 0. The normalized spacial score (nSPS) is 9.27. The van der Waals surface area contributed by atoms with Gasteiger partial charge in [0.05, 0.1) is 11.6 Å². The molecule has 0 spiro atoms. The summed E-state index contributed by atoms with van der Waals surface area (Å²) in [5, 5.41) is 8.80. The van der Waals surface area contributed by atoms with E-state index in [1.54, 1.807) is 24.3 Å². The average molecular weight is 289 g/mol. The number of esters is 1. The SMILES string of the molecule is Cc1ccc(CC#CC(=O)OCc2cccc(C#N)c2)cc1. The van der Waals surface area contributed by atoms with Gasteiger partial charge in [0.2, 0.25) is 0 Å².